The van der Waals surface area contributed by atoms with Crippen molar-refractivity contribution in [3.63, 3.8) is 0 Å². The Morgan fingerprint density at radius 3 is 1.79 bits per heavy atom. The molecule has 0 aliphatic rings. The number of ether oxygens (including phenoxy) is 1. The number of rotatable bonds is 10. The molecule has 0 bridgehead atoms. The van der Waals surface area contributed by atoms with E-state index in [0.717, 1.165) is 16.7 Å². The average Bonchev–Trinajstić information content (AvgIpc) is 2.94. The van der Waals surface area contributed by atoms with Crippen LogP contribution in [0.1, 0.15) is 27.0 Å². The molecule has 0 unspecified atom stereocenters. The number of ketones is 1. The lowest BCUT2D eigenvalue weighted by Crippen LogP contribution is -2.30. The number of Topliss-reactive ketones (excluding diaryl/α,β-unsaturated/α-hetero) is 1. The molecule has 4 aromatic rings. The number of hydrogen-bond acceptors (Lipinski definition) is 5. The van der Waals surface area contributed by atoms with E-state index in [1.165, 1.54) is 28.6 Å². The molecule has 0 aliphatic carbocycles. The smallest absolute Gasteiger partial charge is 0.412 e. The fourth-order valence-corrected chi connectivity index (χ4v) is 5.18. The highest BCUT2D eigenvalue weighted by molar-refractivity contribution is 7.89. The van der Waals surface area contributed by atoms with Crippen molar-refractivity contribution in [3.8, 4) is 0 Å². The van der Waals surface area contributed by atoms with Gasteiger partial charge in [0.2, 0.25) is 10.0 Å². The summed E-state index contributed by atoms with van der Waals surface area (Å²) in [5.74, 6) is -0.446. The SMILES string of the molecule is Cc1ccc(NC(=O)OCC(=O)c2ccc(S(=O)(=O)N(Cc3ccccc3)Cc3ccccc3)cc2)cc1. The highest BCUT2D eigenvalue weighted by atomic mass is 32.2. The Kier molecular flexibility index (Phi) is 8.68. The highest BCUT2D eigenvalue weighted by Crippen LogP contribution is 2.22. The van der Waals surface area contributed by atoms with Gasteiger partial charge in [0.05, 0.1) is 4.90 Å². The Morgan fingerprint density at radius 2 is 1.26 bits per heavy atom. The molecule has 1 amide bonds. The average molecular weight is 529 g/mol. The first-order valence-electron chi connectivity index (χ1n) is 12.0. The number of aryl methyl sites for hydroxylation is 1. The molecule has 0 atom stereocenters. The van der Waals surface area contributed by atoms with Crippen molar-refractivity contribution in [3.05, 3.63) is 131 Å². The summed E-state index contributed by atoms with van der Waals surface area (Å²) in [6.07, 6.45) is -0.751. The Morgan fingerprint density at radius 1 is 0.737 bits per heavy atom. The van der Waals surface area contributed by atoms with Crippen molar-refractivity contribution in [2.75, 3.05) is 11.9 Å². The number of nitrogens with one attached hydrogen (secondary N) is 1. The van der Waals surface area contributed by atoms with Crippen LogP contribution in [0, 0.1) is 6.92 Å². The Hall–Kier alpha value is -4.27. The summed E-state index contributed by atoms with van der Waals surface area (Å²) >= 11 is 0. The van der Waals surface area contributed by atoms with Gasteiger partial charge in [-0.1, -0.05) is 78.4 Å². The van der Waals surface area contributed by atoms with Gasteiger partial charge >= 0.3 is 6.09 Å². The molecule has 0 fully saturated rings. The predicted molar refractivity (Wildman–Crippen MR) is 146 cm³/mol. The summed E-state index contributed by atoms with van der Waals surface area (Å²) in [5.41, 5.74) is 3.57. The maximum atomic E-state index is 13.6. The third-order valence-electron chi connectivity index (χ3n) is 5.85. The number of carbonyl (C=O) groups excluding carboxylic acids is 2. The largest absolute Gasteiger partial charge is 0.441 e. The Bertz CT molecular complexity index is 1430. The molecule has 4 aromatic carbocycles. The minimum absolute atomic E-state index is 0.0685. The van der Waals surface area contributed by atoms with Gasteiger partial charge in [-0.3, -0.25) is 10.1 Å². The molecule has 4 rings (SSSR count). The van der Waals surface area contributed by atoms with Crippen LogP contribution in [0.25, 0.3) is 0 Å². The zero-order chi connectivity index (χ0) is 27.0. The summed E-state index contributed by atoms with van der Waals surface area (Å²) in [6, 6.07) is 31.6. The molecule has 38 heavy (non-hydrogen) atoms. The van der Waals surface area contributed by atoms with Gasteiger partial charge in [0.25, 0.3) is 0 Å². The van der Waals surface area contributed by atoms with Crippen molar-refractivity contribution < 1.29 is 22.7 Å². The zero-order valence-electron chi connectivity index (χ0n) is 20.9. The van der Waals surface area contributed by atoms with Gasteiger partial charge in [-0.2, -0.15) is 4.31 Å². The summed E-state index contributed by atoms with van der Waals surface area (Å²) in [5, 5.41) is 2.56. The van der Waals surface area contributed by atoms with Crippen molar-refractivity contribution in [2.24, 2.45) is 0 Å². The molecule has 0 heterocycles. The monoisotopic (exact) mass is 528 g/mol. The van der Waals surface area contributed by atoms with Gasteiger partial charge in [-0.15, -0.1) is 0 Å². The Balaban J connectivity index is 1.44. The second-order valence-electron chi connectivity index (χ2n) is 8.76. The van der Waals surface area contributed by atoms with Gasteiger partial charge in [0, 0.05) is 24.3 Å². The molecule has 0 aliphatic heterocycles. The number of sulfonamides is 1. The molecule has 0 radical (unpaired) electrons. The molecule has 0 spiro atoms. The van der Waals surface area contributed by atoms with E-state index < -0.39 is 28.5 Å². The lowest BCUT2D eigenvalue weighted by atomic mass is 10.1. The van der Waals surface area contributed by atoms with Gasteiger partial charge in [0.1, 0.15) is 0 Å². The van der Waals surface area contributed by atoms with Gasteiger partial charge in [-0.05, 0) is 54.4 Å². The standard InChI is InChI=1S/C30H28N2O5S/c1-23-12-16-27(17-13-23)31-30(34)37-22-29(33)26-14-18-28(19-15-26)38(35,36)32(20-24-8-4-2-5-9-24)21-25-10-6-3-7-11-25/h2-19H,20-22H2,1H3,(H,31,34). The molecule has 194 valence electrons. The van der Waals surface area contributed by atoms with Crippen molar-refractivity contribution in [1.29, 1.82) is 0 Å². The van der Waals surface area contributed by atoms with Crippen molar-refractivity contribution >= 4 is 27.6 Å². The van der Waals surface area contributed by atoms with E-state index in [0.29, 0.717) is 5.69 Å². The van der Waals surface area contributed by atoms with E-state index in [2.05, 4.69) is 5.32 Å². The predicted octanol–water partition coefficient (Wildman–Crippen LogP) is 5.82. The van der Waals surface area contributed by atoms with Crippen molar-refractivity contribution in [2.45, 2.75) is 24.9 Å². The number of carbonyl (C=O) groups is 2. The number of nitrogens with zero attached hydrogens (tertiary/aromatic N) is 1. The van der Waals surface area contributed by atoms with Crippen LogP contribution in [0.2, 0.25) is 0 Å². The molecule has 7 nitrogen and oxygen atoms in total. The Labute approximate surface area is 222 Å². The number of amides is 1. The number of benzene rings is 4. The number of hydrogen-bond donors (Lipinski definition) is 1. The lowest BCUT2D eigenvalue weighted by molar-refractivity contribution is 0.0863. The second kappa shape index (κ2) is 12.3. The van der Waals surface area contributed by atoms with E-state index in [4.69, 9.17) is 4.74 Å². The van der Waals surface area contributed by atoms with Crippen LogP contribution in [0.5, 0.6) is 0 Å². The summed E-state index contributed by atoms with van der Waals surface area (Å²) in [4.78, 5) is 24.7. The maximum Gasteiger partial charge on any atom is 0.412 e. The van der Waals surface area contributed by atoms with Gasteiger partial charge in [-0.25, -0.2) is 13.2 Å². The quantitative estimate of drug-likeness (QED) is 0.262. The van der Waals surface area contributed by atoms with Crippen molar-refractivity contribution in [1.82, 2.24) is 4.31 Å². The topological polar surface area (TPSA) is 92.8 Å². The van der Waals surface area contributed by atoms with E-state index >= 15 is 0 Å². The van der Waals surface area contributed by atoms with E-state index in [-0.39, 0.29) is 23.5 Å². The molecule has 0 saturated heterocycles. The van der Waals surface area contributed by atoms with Crippen LogP contribution in [0.4, 0.5) is 10.5 Å². The normalized spacial score (nSPS) is 11.2. The third kappa shape index (κ3) is 7.15. The third-order valence-corrected chi connectivity index (χ3v) is 7.66. The van der Waals surface area contributed by atoms with Crippen LogP contribution < -0.4 is 5.32 Å². The number of anilines is 1. The molecule has 0 aromatic heterocycles. The zero-order valence-corrected chi connectivity index (χ0v) is 21.7. The minimum atomic E-state index is -3.88. The molecule has 1 N–H and O–H groups in total. The van der Waals surface area contributed by atoms with Gasteiger partial charge in [0.15, 0.2) is 12.4 Å². The van der Waals surface area contributed by atoms with E-state index in [1.54, 1.807) is 12.1 Å². The summed E-state index contributed by atoms with van der Waals surface area (Å²) in [7, 11) is -3.88. The molecular formula is C30H28N2O5S. The molecule has 8 heteroatoms. The first kappa shape index (κ1) is 26.8. The second-order valence-corrected chi connectivity index (χ2v) is 10.7. The summed E-state index contributed by atoms with van der Waals surface area (Å²) < 4.78 is 33.6. The minimum Gasteiger partial charge on any atom is -0.441 e. The van der Waals surface area contributed by atoms with E-state index in [9.17, 15) is 18.0 Å². The van der Waals surface area contributed by atoms with Crippen LogP contribution in [0.3, 0.4) is 0 Å². The lowest BCUT2D eigenvalue weighted by Gasteiger charge is -2.23. The maximum absolute atomic E-state index is 13.6. The first-order chi connectivity index (χ1) is 18.3. The molecule has 0 saturated carbocycles. The highest BCUT2D eigenvalue weighted by Gasteiger charge is 2.25. The fraction of sp³-hybridized carbons (Fsp3) is 0.133. The molecular weight excluding hydrogens is 500 g/mol. The van der Waals surface area contributed by atoms with Crippen LogP contribution in [0.15, 0.2) is 114 Å². The first-order valence-corrected chi connectivity index (χ1v) is 13.5. The fourth-order valence-electron chi connectivity index (χ4n) is 3.77. The van der Waals surface area contributed by atoms with Crippen LogP contribution >= 0.6 is 0 Å². The van der Waals surface area contributed by atoms with Crippen LogP contribution in [-0.2, 0) is 27.8 Å². The summed E-state index contributed by atoms with van der Waals surface area (Å²) in [6.45, 7) is 1.85. The van der Waals surface area contributed by atoms with E-state index in [1.807, 2.05) is 79.7 Å². The van der Waals surface area contributed by atoms with Gasteiger partial charge < -0.3 is 4.74 Å². The van der Waals surface area contributed by atoms with Crippen LogP contribution in [-0.4, -0.2) is 31.2 Å².